The molecule has 2 aromatic carbocycles. The van der Waals surface area contributed by atoms with Crippen molar-refractivity contribution in [3.8, 4) is 17.0 Å². The number of aliphatic hydroxyl groups excluding tert-OH is 1. The molecular weight excluding hydrogens is 533 g/mol. The number of pyridine rings is 1. The van der Waals surface area contributed by atoms with Gasteiger partial charge in [0.2, 0.25) is 5.43 Å². The average molecular weight is 554 g/mol. The Hall–Kier alpha value is -3.58. The molecule has 13 heteroatoms. The molecule has 2 aliphatic heterocycles. The Labute approximate surface area is 216 Å². The number of carbonyl (C=O) groups excluding carboxylic acids is 1. The fourth-order valence-electron chi connectivity index (χ4n) is 4.75. The third-order valence-corrected chi connectivity index (χ3v) is 7.95. The molecule has 1 aromatic heterocycles. The van der Waals surface area contributed by atoms with Gasteiger partial charge in [0.1, 0.15) is 12.7 Å². The van der Waals surface area contributed by atoms with E-state index in [9.17, 15) is 37.4 Å². The number of thioether (sulfide) groups is 1. The van der Waals surface area contributed by atoms with Gasteiger partial charge in [-0.25, -0.2) is 13.5 Å². The first-order valence-corrected chi connectivity index (χ1v) is 12.4. The van der Waals surface area contributed by atoms with Crippen molar-refractivity contribution in [3.05, 3.63) is 80.1 Å². The third kappa shape index (κ3) is 4.00. The molecule has 0 fully saturated rings. The van der Waals surface area contributed by atoms with Gasteiger partial charge >= 0.3 is 6.18 Å². The molecule has 38 heavy (non-hydrogen) atoms. The normalized spacial score (nSPS) is 15.8. The van der Waals surface area contributed by atoms with Gasteiger partial charge in [0, 0.05) is 21.8 Å². The maximum absolute atomic E-state index is 15.0. The number of aliphatic hydroxyl groups is 1. The van der Waals surface area contributed by atoms with E-state index >= 15 is 4.39 Å². The zero-order valence-electron chi connectivity index (χ0n) is 19.7. The molecule has 0 aliphatic carbocycles. The van der Waals surface area contributed by atoms with E-state index in [0.717, 1.165) is 28.1 Å². The number of alkyl halides is 3. The van der Waals surface area contributed by atoms with Crippen LogP contribution >= 0.6 is 11.8 Å². The highest BCUT2D eigenvalue weighted by molar-refractivity contribution is 7.98. The van der Waals surface area contributed by atoms with Gasteiger partial charge in [-0.2, -0.15) is 13.2 Å². The van der Waals surface area contributed by atoms with E-state index in [4.69, 9.17) is 0 Å². The molecule has 3 heterocycles. The fraction of sp³-hybridized carbons (Fsp3) is 0.280. The number of rotatable bonds is 3. The lowest BCUT2D eigenvalue weighted by Crippen LogP contribution is -2.55. The average Bonchev–Trinajstić information content (AvgIpc) is 3.07. The van der Waals surface area contributed by atoms with Crippen LogP contribution in [0.1, 0.15) is 39.7 Å². The third-order valence-electron chi connectivity index (χ3n) is 6.81. The largest absolute Gasteiger partial charge is 0.502 e. The molecule has 1 amide bonds. The minimum absolute atomic E-state index is 0.00872. The van der Waals surface area contributed by atoms with E-state index in [1.165, 1.54) is 11.8 Å². The number of amides is 1. The van der Waals surface area contributed by atoms with Crippen LogP contribution in [-0.4, -0.2) is 44.6 Å². The number of hydrogen-bond acceptors (Lipinski definition) is 6. The number of benzene rings is 2. The van der Waals surface area contributed by atoms with Crippen molar-refractivity contribution in [2.24, 2.45) is 0 Å². The number of fused-ring (bicyclic) bond motifs is 3. The highest BCUT2D eigenvalue weighted by atomic mass is 32.2. The van der Waals surface area contributed by atoms with Gasteiger partial charge in [-0.3, -0.25) is 9.59 Å². The summed E-state index contributed by atoms with van der Waals surface area (Å²) in [6.07, 6.45) is -4.70. The molecule has 7 nitrogen and oxygen atoms in total. The topological polar surface area (TPSA) is 94.8 Å². The Balaban J connectivity index is 1.80. The van der Waals surface area contributed by atoms with Crippen LogP contribution in [-0.2, 0) is 18.8 Å². The summed E-state index contributed by atoms with van der Waals surface area (Å²) < 4.78 is 71.0. The summed E-state index contributed by atoms with van der Waals surface area (Å²) in [7, 11) is 0. The Bertz CT molecular complexity index is 1540. The van der Waals surface area contributed by atoms with Crippen LogP contribution in [0.25, 0.3) is 11.3 Å². The van der Waals surface area contributed by atoms with Gasteiger partial charge in [0.05, 0.1) is 17.9 Å². The molecular formula is C25H20F5N3O4S. The zero-order valence-corrected chi connectivity index (χ0v) is 20.5. The second-order valence-corrected chi connectivity index (χ2v) is 9.92. The maximum atomic E-state index is 15.0. The fourth-order valence-corrected chi connectivity index (χ4v) is 5.85. The van der Waals surface area contributed by atoms with Crippen molar-refractivity contribution in [1.29, 1.82) is 0 Å². The van der Waals surface area contributed by atoms with Gasteiger partial charge in [-0.05, 0) is 36.6 Å². The second kappa shape index (κ2) is 9.31. The van der Waals surface area contributed by atoms with Crippen LogP contribution in [0.4, 0.5) is 22.0 Å². The molecule has 2 aliphatic rings. The molecule has 3 N–H and O–H groups in total. The number of aromatic nitrogens is 1. The standard InChI is InChI=1S/C25H20F5N3O4S/c1-11(25(28,29)30)32-10-31-33-20(15(8-34)22(35)23(36)21(33)24(32)37)14-7-17(26)19(27)16-9-38-18-5-3-2-4-12(18)6-13(14)16/h2-5,7,11,31,34,36H,6,8-10H2,1H3/t11-/m1/s1. The Morgan fingerprint density at radius 1 is 1.13 bits per heavy atom. The van der Waals surface area contributed by atoms with Gasteiger partial charge in [-0.15, -0.1) is 11.8 Å². The lowest BCUT2D eigenvalue weighted by Gasteiger charge is -2.37. The lowest BCUT2D eigenvalue weighted by atomic mass is 9.90. The smallest absolute Gasteiger partial charge is 0.408 e. The summed E-state index contributed by atoms with van der Waals surface area (Å²) in [5.41, 5.74) is 0.867. The van der Waals surface area contributed by atoms with E-state index in [2.05, 4.69) is 5.43 Å². The number of hydrogen-bond donors (Lipinski definition) is 3. The quantitative estimate of drug-likeness (QED) is 0.423. The van der Waals surface area contributed by atoms with Crippen molar-refractivity contribution in [2.75, 3.05) is 12.1 Å². The maximum Gasteiger partial charge on any atom is 0.408 e. The van der Waals surface area contributed by atoms with Crippen LogP contribution in [0.2, 0.25) is 0 Å². The van der Waals surface area contributed by atoms with Crippen molar-refractivity contribution in [3.63, 3.8) is 0 Å². The number of carbonyl (C=O) groups is 1. The molecule has 0 saturated heterocycles. The van der Waals surface area contributed by atoms with Crippen molar-refractivity contribution in [1.82, 2.24) is 9.58 Å². The molecule has 1 atom stereocenters. The molecule has 0 unspecified atom stereocenters. The molecule has 3 aromatic rings. The summed E-state index contributed by atoms with van der Waals surface area (Å²) in [4.78, 5) is 27.4. The first-order chi connectivity index (χ1) is 18.0. The molecule has 0 saturated carbocycles. The Morgan fingerprint density at radius 3 is 2.53 bits per heavy atom. The van der Waals surface area contributed by atoms with Crippen LogP contribution in [0.5, 0.6) is 5.75 Å². The van der Waals surface area contributed by atoms with Crippen molar-refractivity contribution in [2.45, 2.75) is 42.8 Å². The van der Waals surface area contributed by atoms with Crippen LogP contribution < -0.4 is 10.9 Å². The number of aromatic hydroxyl groups is 1. The molecule has 0 bridgehead atoms. The lowest BCUT2D eigenvalue weighted by molar-refractivity contribution is -0.172. The first-order valence-electron chi connectivity index (χ1n) is 11.4. The summed E-state index contributed by atoms with van der Waals surface area (Å²) in [5.74, 6) is -4.79. The van der Waals surface area contributed by atoms with Gasteiger partial charge < -0.3 is 20.5 Å². The number of nitrogens with one attached hydrogen (secondary N) is 1. The number of halogens is 5. The molecule has 200 valence electrons. The van der Waals surface area contributed by atoms with Crippen LogP contribution in [0, 0.1) is 11.6 Å². The van der Waals surface area contributed by atoms with Gasteiger partial charge in [0.15, 0.2) is 23.1 Å². The van der Waals surface area contributed by atoms with Gasteiger partial charge in [0.25, 0.3) is 5.91 Å². The van der Waals surface area contributed by atoms with Gasteiger partial charge in [-0.1, -0.05) is 18.2 Å². The van der Waals surface area contributed by atoms with E-state index in [1.807, 2.05) is 6.07 Å². The minimum atomic E-state index is -4.80. The highest BCUT2D eigenvalue weighted by Gasteiger charge is 2.45. The zero-order chi connectivity index (χ0) is 27.5. The van der Waals surface area contributed by atoms with E-state index in [-0.39, 0.29) is 34.6 Å². The van der Waals surface area contributed by atoms with Crippen molar-refractivity contribution < 1.29 is 37.0 Å². The monoisotopic (exact) mass is 553 g/mol. The summed E-state index contributed by atoms with van der Waals surface area (Å²) >= 11 is 1.28. The minimum Gasteiger partial charge on any atom is -0.502 e. The summed E-state index contributed by atoms with van der Waals surface area (Å²) in [6, 6.07) is 5.74. The predicted octanol–water partition coefficient (Wildman–Crippen LogP) is 4.10. The molecule has 0 radical (unpaired) electrons. The summed E-state index contributed by atoms with van der Waals surface area (Å²) in [5, 5.41) is 20.6. The summed E-state index contributed by atoms with van der Waals surface area (Å²) in [6.45, 7) is -0.894. The van der Waals surface area contributed by atoms with E-state index < -0.39 is 65.5 Å². The molecule has 0 spiro atoms. The highest BCUT2D eigenvalue weighted by Crippen LogP contribution is 2.41. The predicted molar refractivity (Wildman–Crippen MR) is 128 cm³/mol. The van der Waals surface area contributed by atoms with Crippen LogP contribution in [0.3, 0.4) is 0 Å². The Morgan fingerprint density at radius 2 is 1.84 bits per heavy atom. The van der Waals surface area contributed by atoms with E-state index in [1.54, 1.807) is 18.2 Å². The van der Waals surface area contributed by atoms with Crippen LogP contribution in [0.15, 0.2) is 40.0 Å². The molecule has 5 rings (SSSR count). The van der Waals surface area contributed by atoms with E-state index in [0.29, 0.717) is 4.90 Å². The SMILES string of the molecule is C[C@@H](N1CNn2c(c(O)c(=O)c(CO)c2-c2cc(F)c(F)c3c2Cc2ccccc2SC3)C1=O)C(F)(F)F. The first kappa shape index (κ1) is 26.0. The number of nitrogens with zero attached hydrogens (tertiary/aromatic N) is 2. The Kier molecular flexibility index (Phi) is 6.38. The second-order valence-electron chi connectivity index (χ2n) is 8.91. The van der Waals surface area contributed by atoms with Crippen molar-refractivity contribution >= 4 is 17.7 Å².